The van der Waals surface area contributed by atoms with E-state index in [-0.39, 0.29) is 29.4 Å². The molecule has 0 atom stereocenters. The second-order valence-corrected chi connectivity index (χ2v) is 8.09. The minimum absolute atomic E-state index is 0.00261. The highest BCUT2D eigenvalue weighted by molar-refractivity contribution is 5.97. The van der Waals surface area contributed by atoms with E-state index in [1.54, 1.807) is 9.47 Å². The SMILES string of the molecule is COc1c(N2CCC(N)(CN=O)CC2)c(F)cc2c(=O)c(C(=O)O)cn(C3CC3)c12. The Morgan fingerprint density at radius 3 is 2.60 bits per heavy atom. The number of carboxylic acids is 1. The topological polar surface area (TPSA) is 127 Å². The zero-order valence-electron chi connectivity index (χ0n) is 16.6. The average molecular weight is 418 g/mol. The number of carboxylic acid groups (broad SMARTS) is 1. The molecule has 1 aliphatic heterocycles. The number of hydrogen-bond donors (Lipinski definition) is 2. The summed E-state index contributed by atoms with van der Waals surface area (Å²) in [5.74, 6) is -1.82. The number of pyridine rings is 1. The van der Waals surface area contributed by atoms with E-state index in [0.717, 1.165) is 18.9 Å². The molecule has 9 nitrogen and oxygen atoms in total. The lowest BCUT2D eigenvalue weighted by Gasteiger charge is -2.39. The summed E-state index contributed by atoms with van der Waals surface area (Å²) in [5, 5.41) is 12.3. The maximum atomic E-state index is 15.2. The van der Waals surface area contributed by atoms with E-state index in [2.05, 4.69) is 5.18 Å². The van der Waals surface area contributed by atoms with Gasteiger partial charge in [-0.1, -0.05) is 5.18 Å². The highest BCUT2D eigenvalue weighted by atomic mass is 19.1. The Hall–Kier alpha value is -3.01. The smallest absolute Gasteiger partial charge is 0.341 e. The number of nitroso groups, excluding NO2 is 1. The quantitative estimate of drug-likeness (QED) is 0.689. The van der Waals surface area contributed by atoms with Crippen LogP contribution in [-0.2, 0) is 0 Å². The molecule has 1 saturated heterocycles. The molecule has 0 bridgehead atoms. The summed E-state index contributed by atoms with van der Waals surface area (Å²) < 4.78 is 22.5. The van der Waals surface area contributed by atoms with Gasteiger partial charge in [-0.15, -0.1) is 0 Å². The van der Waals surface area contributed by atoms with Crippen LogP contribution in [0.2, 0.25) is 0 Å². The number of aromatic nitrogens is 1. The number of aromatic carboxylic acids is 1. The molecule has 1 saturated carbocycles. The largest absolute Gasteiger partial charge is 0.492 e. The van der Waals surface area contributed by atoms with Crippen LogP contribution in [0, 0.1) is 10.7 Å². The Morgan fingerprint density at radius 2 is 2.07 bits per heavy atom. The fraction of sp³-hybridized carbons (Fsp3) is 0.500. The van der Waals surface area contributed by atoms with Crippen LogP contribution in [-0.4, -0.2) is 47.9 Å². The van der Waals surface area contributed by atoms with Crippen molar-refractivity contribution in [1.29, 1.82) is 0 Å². The van der Waals surface area contributed by atoms with Crippen LogP contribution in [0.4, 0.5) is 10.1 Å². The summed E-state index contributed by atoms with van der Waals surface area (Å²) in [5.41, 5.74) is 4.95. The van der Waals surface area contributed by atoms with Gasteiger partial charge in [0.1, 0.15) is 11.3 Å². The number of rotatable bonds is 6. The van der Waals surface area contributed by atoms with Crippen molar-refractivity contribution in [3.63, 3.8) is 0 Å². The first-order valence-corrected chi connectivity index (χ1v) is 9.81. The number of ether oxygens (including phenoxy) is 1. The van der Waals surface area contributed by atoms with Crippen LogP contribution in [0.25, 0.3) is 10.9 Å². The molecule has 0 spiro atoms. The lowest BCUT2D eigenvalue weighted by atomic mass is 9.88. The maximum absolute atomic E-state index is 15.2. The van der Waals surface area contributed by atoms with Crippen LogP contribution in [0.15, 0.2) is 22.2 Å². The first-order chi connectivity index (χ1) is 14.3. The van der Waals surface area contributed by atoms with Crippen LogP contribution in [0.5, 0.6) is 5.75 Å². The molecule has 30 heavy (non-hydrogen) atoms. The molecule has 2 heterocycles. The third-order valence-corrected chi connectivity index (χ3v) is 6.03. The van der Waals surface area contributed by atoms with E-state index in [4.69, 9.17) is 10.5 Å². The van der Waals surface area contributed by atoms with Gasteiger partial charge >= 0.3 is 5.97 Å². The standard InChI is InChI=1S/C20H23FN4O5/c1-30-18-15-12(17(26)13(19(27)28)9-25(15)11-2-3-11)8-14(21)16(18)24-6-4-20(22,5-7-24)10-23-29/h8-9,11H,2-7,10,22H2,1H3,(H,27,28). The summed E-state index contributed by atoms with van der Waals surface area (Å²) in [6.07, 6.45) is 3.90. The molecule has 10 heteroatoms. The fourth-order valence-corrected chi connectivity index (χ4v) is 4.19. The second-order valence-electron chi connectivity index (χ2n) is 8.09. The van der Waals surface area contributed by atoms with Gasteiger partial charge in [-0.2, -0.15) is 4.91 Å². The van der Waals surface area contributed by atoms with Gasteiger partial charge in [0.15, 0.2) is 11.6 Å². The lowest BCUT2D eigenvalue weighted by Crippen LogP contribution is -2.52. The number of anilines is 1. The van der Waals surface area contributed by atoms with Crippen molar-refractivity contribution < 1.29 is 19.0 Å². The van der Waals surface area contributed by atoms with E-state index in [9.17, 15) is 19.6 Å². The molecular formula is C20H23FN4O5. The minimum atomic E-state index is -1.35. The molecule has 2 fully saturated rings. The number of piperidine rings is 1. The van der Waals surface area contributed by atoms with Crippen molar-refractivity contribution in [3.05, 3.63) is 38.8 Å². The Morgan fingerprint density at radius 1 is 1.40 bits per heavy atom. The Kier molecular flexibility index (Phi) is 4.97. The van der Waals surface area contributed by atoms with Gasteiger partial charge in [-0.3, -0.25) is 4.79 Å². The fourth-order valence-electron chi connectivity index (χ4n) is 4.19. The number of hydrogen-bond acceptors (Lipinski definition) is 7. The molecule has 0 radical (unpaired) electrons. The number of halogens is 1. The highest BCUT2D eigenvalue weighted by Gasteiger charge is 2.35. The van der Waals surface area contributed by atoms with E-state index in [1.807, 2.05) is 0 Å². The molecule has 2 aromatic rings. The molecule has 1 aromatic heterocycles. The van der Waals surface area contributed by atoms with Gasteiger partial charge < -0.3 is 25.0 Å². The summed E-state index contributed by atoms with van der Waals surface area (Å²) in [6, 6.07) is 1.13. The van der Waals surface area contributed by atoms with Gasteiger partial charge in [0, 0.05) is 30.9 Å². The van der Waals surface area contributed by atoms with E-state index < -0.39 is 28.3 Å². The first kappa shape index (κ1) is 20.3. The predicted molar refractivity (Wildman–Crippen MR) is 109 cm³/mol. The number of nitrogens with zero attached hydrogens (tertiary/aromatic N) is 3. The molecule has 0 amide bonds. The second kappa shape index (κ2) is 7.35. The number of fused-ring (bicyclic) bond motifs is 1. The van der Waals surface area contributed by atoms with Crippen molar-refractivity contribution in [2.45, 2.75) is 37.3 Å². The van der Waals surface area contributed by atoms with Crippen molar-refractivity contribution >= 4 is 22.6 Å². The molecule has 3 N–H and O–H groups in total. The van der Waals surface area contributed by atoms with Crippen LogP contribution >= 0.6 is 0 Å². The van der Waals surface area contributed by atoms with Crippen molar-refractivity contribution in [2.24, 2.45) is 10.9 Å². The predicted octanol–water partition coefficient (Wildman–Crippen LogP) is 2.25. The Bertz CT molecular complexity index is 1090. The molecule has 2 aliphatic rings. The monoisotopic (exact) mass is 418 g/mol. The normalized spacial score (nSPS) is 18.4. The molecular weight excluding hydrogens is 395 g/mol. The van der Waals surface area contributed by atoms with Crippen molar-refractivity contribution in [2.75, 3.05) is 31.6 Å². The summed E-state index contributed by atoms with van der Waals surface area (Å²) in [4.78, 5) is 36.7. The number of methoxy groups -OCH3 is 1. The lowest BCUT2D eigenvalue weighted by molar-refractivity contribution is 0.0695. The van der Waals surface area contributed by atoms with Crippen molar-refractivity contribution in [3.8, 4) is 5.75 Å². The number of nitrogens with two attached hydrogens (primary N) is 1. The first-order valence-electron chi connectivity index (χ1n) is 9.81. The number of carbonyl (C=O) groups is 1. The number of benzene rings is 1. The average Bonchev–Trinajstić information content (AvgIpc) is 3.54. The molecule has 4 rings (SSSR count). The highest BCUT2D eigenvalue weighted by Crippen LogP contribution is 2.44. The zero-order valence-corrected chi connectivity index (χ0v) is 16.6. The van der Waals surface area contributed by atoms with Crippen LogP contribution < -0.4 is 20.8 Å². The third kappa shape index (κ3) is 3.30. The molecule has 160 valence electrons. The molecule has 1 aliphatic carbocycles. The zero-order chi connectivity index (χ0) is 21.6. The maximum Gasteiger partial charge on any atom is 0.341 e. The molecule has 0 unspecified atom stereocenters. The Labute approximate surface area is 171 Å². The Balaban J connectivity index is 1.88. The minimum Gasteiger partial charge on any atom is -0.492 e. The third-order valence-electron chi connectivity index (χ3n) is 6.03. The van der Waals surface area contributed by atoms with E-state index in [1.165, 1.54) is 13.3 Å². The van der Waals surface area contributed by atoms with Gasteiger partial charge in [-0.25, -0.2) is 9.18 Å². The van der Waals surface area contributed by atoms with Gasteiger partial charge in [0.25, 0.3) is 0 Å². The van der Waals surface area contributed by atoms with Crippen molar-refractivity contribution in [1.82, 2.24) is 4.57 Å². The summed E-state index contributed by atoms with van der Waals surface area (Å²) in [6.45, 7) is 0.786. The van der Waals surface area contributed by atoms with E-state index in [0.29, 0.717) is 31.4 Å². The van der Waals surface area contributed by atoms with Gasteiger partial charge in [-0.05, 0) is 31.7 Å². The van der Waals surface area contributed by atoms with Gasteiger partial charge in [0.2, 0.25) is 5.43 Å². The summed E-state index contributed by atoms with van der Waals surface area (Å²) >= 11 is 0. The van der Waals surface area contributed by atoms with Crippen LogP contribution in [0.1, 0.15) is 42.1 Å². The van der Waals surface area contributed by atoms with Crippen LogP contribution in [0.3, 0.4) is 0 Å². The van der Waals surface area contributed by atoms with E-state index >= 15 is 4.39 Å². The van der Waals surface area contributed by atoms with Gasteiger partial charge in [0.05, 0.1) is 24.6 Å². The molecule has 1 aromatic carbocycles. The summed E-state index contributed by atoms with van der Waals surface area (Å²) in [7, 11) is 1.40.